The van der Waals surface area contributed by atoms with Crippen molar-refractivity contribution in [1.82, 2.24) is 31.3 Å². The van der Waals surface area contributed by atoms with Gasteiger partial charge in [0.05, 0.1) is 19.3 Å². The van der Waals surface area contributed by atoms with E-state index in [9.17, 15) is 9.59 Å². The van der Waals surface area contributed by atoms with Crippen LogP contribution in [0.5, 0.6) is 5.75 Å². The van der Waals surface area contributed by atoms with Gasteiger partial charge in [-0.2, -0.15) is 5.21 Å². The van der Waals surface area contributed by atoms with Gasteiger partial charge in [-0.05, 0) is 54.0 Å². The molecule has 4 aromatic rings. The zero-order valence-electron chi connectivity index (χ0n) is 23.0. The lowest BCUT2D eigenvalue weighted by Crippen LogP contribution is -2.54. The van der Waals surface area contributed by atoms with Gasteiger partial charge >= 0.3 is 6.03 Å². The SMILES string of the molecule is COc1ccc2c(c1)SC[C@@H](NC(=O)NCC(C)(C)N)C(=O)N2Cc1ccc(-c2ccccc2-c2nn[nH]n2)cc1. The standard InChI is InChI=1S/C29H32N8O3S/c1-29(2,30)17-31-28(39)32-23-16-41-25-14-20(40-3)12-13-24(25)37(27(23)38)15-18-8-10-19(11-9-18)21-6-4-5-7-22(21)26-33-35-36-34-26/h4-14,23H,15-17,30H2,1-3H3,(H2,31,32,39)(H,33,34,35,36)/t23-/m1/s1. The van der Waals surface area contributed by atoms with E-state index in [0.717, 1.165) is 32.8 Å². The number of tetrazole rings is 1. The number of aromatic amines is 1. The number of H-pyrrole nitrogens is 1. The van der Waals surface area contributed by atoms with Crippen LogP contribution in [-0.4, -0.2) is 63.6 Å². The first-order chi connectivity index (χ1) is 19.7. The van der Waals surface area contributed by atoms with Crippen molar-refractivity contribution < 1.29 is 14.3 Å². The highest BCUT2D eigenvalue weighted by molar-refractivity contribution is 7.99. The molecule has 0 radical (unpaired) electrons. The molecule has 0 saturated heterocycles. The van der Waals surface area contributed by atoms with Crippen molar-refractivity contribution >= 4 is 29.4 Å². The van der Waals surface area contributed by atoms with E-state index in [1.807, 2.05) is 80.6 Å². The minimum absolute atomic E-state index is 0.199. The molecular formula is C29H32N8O3S. The summed E-state index contributed by atoms with van der Waals surface area (Å²) in [5.41, 5.74) is 9.94. The van der Waals surface area contributed by atoms with Crippen LogP contribution in [0.4, 0.5) is 10.5 Å². The van der Waals surface area contributed by atoms with E-state index < -0.39 is 17.6 Å². The maximum atomic E-state index is 13.9. The molecule has 0 fully saturated rings. The highest BCUT2D eigenvalue weighted by Gasteiger charge is 2.32. The Kier molecular flexibility index (Phi) is 8.22. The normalized spacial score (nSPS) is 15.2. The van der Waals surface area contributed by atoms with Crippen LogP contribution in [0.25, 0.3) is 22.5 Å². The second-order valence-corrected chi connectivity index (χ2v) is 11.5. The summed E-state index contributed by atoms with van der Waals surface area (Å²) >= 11 is 1.50. The van der Waals surface area contributed by atoms with E-state index in [1.54, 1.807) is 12.0 Å². The van der Waals surface area contributed by atoms with Gasteiger partial charge in [-0.1, -0.05) is 48.5 Å². The summed E-state index contributed by atoms with van der Waals surface area (Å²) in [5, 5.41) is 20.0. The van der Waals surface area contributed by atoms with Crippen LogP contribution in [0.1, 0.15) is 19.4 Å². The Morgan fingerprint density at radius 1 is 1.15 bits per heavy atom. The number of urea groups is 1. The van der Waals surface area contributed by atoms with Crippen molar-refractivity contribution in [3.05, 3.63) is 72.3 Å². The molecule has 1 aliphatic heterocycles. The molecule has 5 rings (SSSR count). The molecule has 1 aromatic heterocycles. The number of ether oxygens (including phenoxy) is 1. The monoisotopic (exact) mass is 572 g/mol. The number of nitrogens with one attached hydrogen (secondary N) is 3. The fourth-order valence-electron chi connectivity index (χ4n) is 4.47. The summed E-state index contributed by atoms with van der Waals surface area (Å²) in [5.74, 6) is 1.39. The first-order valence-electron chi connectivity index (χ1n) is 13.1. The van der Waals surface area contributed by atoms with E-state index in [4.69, 9.17) is 10.5 Å². The van der Waals surface area contributed by atoms with Gasteiger partial charge in [-0.25, -0.2) is 4.79 Å². The number of fused-ring (bicyclic) bond motifs is 1. The van der Waals surface area contributed by atoms with Gasteiger partial charge < -0.3 is 26.0 Å². The second-order valence-electron chi connectivity index (χ2n) is 10.4. The van der Waals surface area contributed by atoms with Crippen LogP contribution in [0.3, 0.4) is 0 Å². The van der Waals surface area contributed by atoms with Crippen molar-refractivity contribution in [3.63, 3.8) is 0 Å². The number of rotatable bonds is 8. The number of nitrogens with zero attached hydrogens (tertiary/aromatic N) is 4. The van der Waals surface area contributed by atoms with Crippen LogP contribution in [0.2, 0.25) is 0 Å². The summed E-state index contributed by atoms with van der Waals surface area (Å²) in [4.78, 5) is 29.1. The number of nitrogens with two attached hydrogens (primary N) is 1. The maximum absolute atomic E-state index is 13.9. The second kappa shape index (κ2) is 12.0. The molecule has 2 heterocycles. The molecule has 212 valence electrons. The number of aromatic nitrogens is 4. The third kappa shape index (κ3) is 6.67. The molecule has 12 heteroatoms. The van der Waals surface area contributed by atoms with Crippen molar-refractivity contribution in [2.45, 2.75) is 36.9 Å². The molecule has 41 heavy (non-hydrogen) atoms. The Balaban J connectivity index is 1.40. The lowest BCUT2D eigenvalue weighted by Gasteiger charge is -2.27. The zero-order valence-corrected chi connectivity index (χ0v) is 23.9. The van der Waals surface area contributed by atoms with Gasteiger partial charge in [0.1, 0.15) is 11.8 Å². The van der Waals surface area contributed by atoms with Gasteiger partial charge in [-0.3, -0.25) is 4.79 Å². The van der Waals surface area contributed by atoms with E-state index in [2.05, 4.69) is 31.3 Å². The minimum Gasteiger partial charge on any atom is -0.497 e. The number of carbonyl (C=O) groups excluding carboxylic acids is 2. The summed E-state index contributed by atoms with van der Waals surface area (Å²) < 4.78 is 5.43. The number of thioether (sulfide) groups is 1. The van der Waals surface area contributed by atoms with Crippen molar-refractivity contribution in [3.8, 4) is 28.3 Å². The zero-order chi connectivity index (χ0) is 29.0. The average molecular weight is 573 g/mol. The van der Waals surface area contributed by atoms with Crippen LogP contribution >= 0.6 is 11.8 Å². The van der Waals surface area contributed by atoms with Crippen LogP contribution < -0.4 is 26.0 Å². The van der Waals surface area contributed by atoms with Crippen molar-refractivity contribution in [2.24, 2.45) is 5.73 Å². The quantitative estimate of drug-likeness (QED) is 0.250. The molecule has 3 amide bonds. The minimum atomic E-state index is -0.736. The maximum Gasteiger partial charge on any atom is 0.315 e. The fraction of sp³-hybridized carbons (Fsp3) is 0.276. The van der Waals surface area contributed by atoms with Crippen LogP contribution in [0, 0.1) is 0 Å². The first kappa shape index (κ1) is 28.1. The number of anilines is 1. The lowest BCUT2D eigenvalue weighted by atomic mass is 9.98. The predicted octanol–water partition coefficient (Wildman–Crippen LogP) is 3.59. The van der Waals surface area contributed by atoms with Crippen LogP contribution in [-0.2, 0) is 11.3 Å². The Morgan fingerprint density at radius 3 is 2.59 bits per heavy atom. The highest BCUT2D eigenvalue weighted by Crippen LogP contribution is 2.38. The van der Waals surface area contributed by atoms with Gasteiger partial charge in [0, 0.05) is 28.3 Å². The summed E-state index contributed by atoms with van der Waals surface area (Å²) in [6.07, 6.45) is 0. The number of methoxy groups -OCH3 is 1. The third-order valence-corrected chi connectivity index (χ3v) is 7.69. The average Bonchev–Trinajstić information content (AvgIpc) is 3.48. The number of hydrogen-bond donors (Lipinski definition) is 4. The number of carbonyl (C=O) groups is 2. The molecule has 0 aliphatic carbocycles. The topological polar surface area (TPSA) is 151 Å². The summed E-state index contributed by atoms with van der Waals surface area (Å²) in [7, 11) is 1.61. The molecule has 0 unspecified atom stereocenters. The molecule has 0 bridgehead atoms. The largest absolute Gasteiger partial charge is 0.497 e. The van der Waals surface area contributed by atoms with Gasteiger partial charge in [-0.15, -0.1) is 22.0 Å². The fourth-order valence-corrected chi connectivity index (χ4v) is 5.57. The Labute approximate surface area is 242 Å². The van der Waals surface area contributed by atoms with Crippen LogP contribution in [0.15, 0.2) is 71.6 Å². The van der Waals surface area contributed by atoms with E-state index >= 15 is 0 Å². The van der Waals surface area contributed by atoms with Crippen molar-refractivity contribution in [2.75, 3.05) is 24.3 Å². The Morgan fingerprint density at radius 2 is 1.90 bits per heavy atom. The van der Waals surface area contributed by atoms with E-state index in [0.29, 0.717) is 23.9 Å². The number of amides is 3. The van der Waals surface area contributed by atoms with Gasteiger partial charge in [0.2, 0.25) is 5.82 Å². The molecule has 0 saturated carbocycles. The highest BCUT2D eigenvalue weighted by atomic mass is 32.2. The molecule has 5 N–H and O–H groups in total. The smallest absolute Gasteiger partial charge is 0.315 e. The third-order valence-electron chi connectivity index (χ3n) is 6.56. The summed E-state index contributed by atoms with van der Waals surface area (Å²) in [6.45, 7) is 4.24. The lowest BCUT2D eigenvalue weighted by molar-refractivity contribution is -0.120. The molecule has 0 spiro atoms. The number of hydrogen-bond acceptors (Lipinski definition) is 8. The predicted molar refractivity (Wildman–Crippen MR) is 159 cm³/mol. The van der Waals surface area contributed by atoms with Gasteiger partial charge in [0.25, 0.3) is 5.91 Å². The molecule has 1 aliphatic rings. The summed E-state index contributed by atoms with van der Waals surface area (Å²) in [6, 6.07) is 20.3. The molecule has 3 aromatic carbocycles. The van der Waals surface area contributed by atoms with Crippen molar-refractivity contribution in [1.29, 1.82) is 0 Å². The van der Waals surface area contributed by atoms with Gasteiger partial charge in [0.15, 0.2) is 0 Å². The molecule has 11 nitrogen and oxygen atoms in total. The molecule has 1 atom stereocenters. The Bertz CT molecular complexity index is 1520. The Hall–Kier alpha value is -4.42. The van der Waals surface area contributed by atoms with E-state index in [-0.39, 0.29) is 12.5 Å². The van der Waals surface area contributed by atoms with E-state index in [1.165, 1.54) is 11.8 Å². The number of benzene rings is 3. The first-order valence-corrected chi connectivity index (χ1v) is 14.1. The molecular weight excluding hydrogens is 540 g/mol.